The van der Waals surface area contributed by atoms with Gasteiger partial charge in [-0.3, -0.25) is 19.2 Å². The molecule has 0 aliphatic heterocycles. The molecule has 1 N–H and O–H groups in total. The molecule has 0 aromatic carbocycles. The van der Waals surface area contributed by atoms with Gasteiger partial charge in [0, 0.05) is 19.3 Å². The highest BCUT2D eigenvalue weighted by molar-refractivity contribution is 5.83. The molecule has 0 saturated carbocycles. The first kappa shape index (κ1) is 26.2. The van der Waals surface area contributed by atoms with Gasteiger partial charge in [-0.25, -0.2) is 0 Å². The lowest BCUT2D eigenvalue weighted by atomic mass is 10.1. The molecule has 0 heterocycles. The molecule has 28 heavy (non-hydrogen) atoms. The summed E-state index contributed by atoms with van der Waals surface area (Å²) in [6.07, 6.45) is 0.635. The Balaban J connectivity index is 3.44. The molecular weight excluding hydrogens is 372 g/mol. The lowest BCUT2D eigenvalue weighted by molar-refractivity contribution is -0.155. The fraction of sp³-hybridized carbons (Fsp3) is 0.789. The summed E-state index contributed by atoms with van der Waals surface area (Å²) in [6.45, 7) is 6.20. The number of carbonyl (C=O) groups excluding carboxylic acids is 3. The number of carboxylic acid groups (broad SMARTS) is 1. The summed E-state index contributed by atoms with van der Waals surface area (Å²) in [6, 6.07) is 0. The maximum absolute atomic E-state index is 11.6. The molecular formula is C19H32O9. The Morgan fingerprint density at radius 1 is 0.714 bits per heavy atom. The average Bonchev–Trinajstić information content (AvgIpc) is 2.56. The highest BCUT2D eigenvalue weighted by atomic mass is 16.6. The molecule has 9 nitrogen and oxygen atoms in total. The lowest BCUT2D eigenvalue weighted by Gasteiger charge is -2.19. The molecule has 0 bridgehead atoms. The largest absolute Gasteiger partial charge is 0.481 e. The van der Waals surface area contributed by atoms with E-state index in [9.17, 15) is 19.2 Å². The van der Waals surface area contributed by atoms with Crippen molar-refractivity contribution in [3.63, 3.8) is 0 Å². The lowest BCUT2D eigenvalue weighted by Crippen LogP contribution is -2.23. The summed E-state index contributed by atoms with van der Waals surface area (Å²) >= 11 is 0. The Morgan fingerprint density at radius 3 is 1.71 bits per heavy atom. The zero-order chi connectivity index (χ0) is 21.4. The Labute approximate surface area is 165 Å². The summed E-state index contributed by atoms with van der Waals surface area (Å²) in [5.41, 5.74) is -0.523. The van der Waals surface area contributed by atoms with Gasteiger partial charge in [0.25, 0.3) is 0 Å². The molecule has 0 aromatic heterocycles. The second-order valence-corrected chi connectivity index (χ2v) is 7.13. The molecule has 162 valence electrons. The SMILES string of the molecule is CC(C)(C)OC(=O)CCCC(=O)COCCOCCOCC(=O)CCC(=O)O. The average molecular weight is 404 g/mol. The number of ether oxygens (including phenoxy) is 4. The van der Waals surface area contributed by atoms with E-state index in [1.807, 2.05) is 0 Å². The maximum Gasteiger partial charge on any atom is 0.306 e. The van der Waals surface area contributed by atoms with E-state index in [1.54, 1.807) is 20.8 Å². The van der Waals surface area contributed by atoms with Crippen LogP contribution in [0.4, 0.5) is 0 Å². The van der Waals surface area contributed by atoms with Crippen molar-refractivity contribution in [2.75, 3.05) is 39.6 Å². The monoisotopic (exact) mass is 404 g/mol. The molecule has 0 amide bonds. The van der Waals surface area contributed by atoms with Crippen LogP contribution in [0.2, 0.25) is 0 Å². The van der Waals surface area contributed by atoms with Gasteiger partial charge in [0.2, 0.25) is 0 Å². The third kappa shape index (κ3) is 18.9. The molecule has 0 spiro atoms. The molecule has 0 unspecified atom stereocenters. The standard InChI is InChI=1S/C19H32O9/c1-19(2,3)28-18(24)6-4-5-15(20)13-26-11-9-25-10-12-27-14-16(21)7-8-17(22)23/h4-14H2,1-3H3,(H,22,23). The first-order chi connectivity index (χ1) is 13.1. The van der Waals surface area contributed by atoms with Gasteiger partial charge in [0.15, 0.2) is 11.6 Å². The Bertz CT molecular complexity index is 494. The summed E-state index contributed by atoms with van der Waals surface area (Å²) < 4.78 is 20.6. The highest BCUT2D eigenvalue weighted by Crippen LogP contribution is 2.10. The smallest absolute Gasteiger partial charge is 0.306 e. The van der Waals surface area contributed by atoms with Crippen LogP contribution in [-0.4, -0.2) is 73.9 Å². The van der Waals surface area contributed by atoms with Gasteiger partial charge < -0.3 is 24.1 Å². The van der Waals surface area contributed by atoms with Crippen LogP contribution in [0.3, 0.4) is 0 Å². The molecule has 0 aromatic rings. The van der Waals surface area contributed by atoms with Crippen molar-refractivity contribution in [2.24, 2.45) is 0 Å². The van der Waals surface area contributed by atoms with Gasteiger partial charge in [-0.05, 0) is 27.2 Å². The van der Waals surface area contributed by atoms with Gasteiger partial charge in [-0.1, -0.05) is 0 Å². The summed E-state index contributed by atoms with van der Waals surface area (Å²) in [5, 5.41) is 8.45. The number of Topliss-reactive ketones (excluding diaryl/α,β-unsaturated/α-hetero) is 2. The van der Waals surface area contributed by atoms with Crippen molar-refractivity contribution < 1.29 is 43.2 Å². The second-order valence-electron chi connectivity index (χ2n) is 7.13. The Hall–Kier alpha value is -1.84. The number of hydrogen-bond donors (Lipinski definition) is 1. The number of hydrogen-bond acceptors (Lipinski definition) is 8. The van der Waals surface area contributed by atoms with Crippen LogP contribution in [0, 0.1) is 0 Å². The third-order valence-corrected chi connectivity index (χ3v) is 3.14. The molecule has 9 heteroatoms. The number of ketones is 2. The van der Waals surface area contributed by atoms with Gasteiger partial charge in [-0.15, -0.1) is 0 Å². The van der Waals surface area contributed by atoms with Crippen LogP contribution in [0.5, 0.6) is 0 Å². The van der Waals surface area contributed by atoms with Gasteiger partial charge in [-0.2, -0.15) is 0 Å². The summed E-state index contributed by atoms with van der Waals surface area (Å²) in [4.78, 5) is 44.7. The second kappa shape index (κ2) is 15.1. The topological polar surface area (TPSA) is 125 Å². The van der Waals surface area contributed by atoms with Gasteiger partial charge in [0.1, 0.15) is 18.8 Å². The maximum atomic E-state index is 11.6. The van der Waals surface area contributed by atoms with Crippen molar-refractivity contribution >= 4 is 23.5 Å². The molecule has 0 rings (SSSR count). The first-order valence-electron chi connectivity index (χ1n) is 9.30. The number of carbonyl (C=O) groups is 4. The fourth-order valence-electron chi connectivity index (χ4n) is 1.92. The molecule has 0 saturated heterocycles. The van der Waals surface area contributed by atoms with Crippen LogP contribution in [0.25, 0.3) is 0 Å². The van der Waals surface area contributed by atoms with Gasteiger partial charge >= 0.3 is 11.9 Å². The van der Waals surface area contributed by atoms with Crippen molar-refractivity contribution in [3.05, 3.63) is 0 Å². The summed E-state index contributed by atoms with van der Waals surface area (Å²) in [7, 11) is 0. The van der Waals surface area contributed by atoms with Crippen LogP contribution < -0.4 is 0 Å². The van der Waals surface area contributed by atoms with E-state index in [4.69, 9.17) is 24.1 Å². The van der Waals surface area contributed by atoms with E-state index in [2.05, 4.69) is 0 Å². The number of carboxylic acids is 1. The van der Waals surface area contributed by atoms with Crippen LogP contribution >= 0.6 is 0 Å². The van der Waals surface area contributed by atoms with Crippen molar-refractivity contribution in [2.45, 2.75) is 58.5 Å². The highest BCUT2D eigenvalue weighted by Gasteiger charge is 2.16. The number of esters is 1. The van der Waals surface area contributed by atoms with E-state index in [0.717, 1.165) is 0 Å². The molecule has 0 aliphatic carbocycles. The van der Waals surface area contributed by atoms with Crippen LogP contribution in [0.15, 0.2) is 0 Å². The van der Waals surface area contributed by atoms with E-state index in [0.29, 0.717) is 6.42 Å². The molecule has 0 aliphatic rings. The van der Waals surface area contributed by atoms with Crippen molar-refractivity contribution in [1.29, 1.82) is 0 Å². The number of rotatable bonds is 17. The minimum absolute atomic E-state index is 0.0355. The molecule has 0 atom stereocenters. The van der Waals surface area contributed by atoms with E-state index >= 15 is 0 Å². The predicted octanol–water partition coefficient (Wildman–Crippen LogP) is 1.55. The Kier molecular flexibility index (Phi) is 14.1. The summed E-state index contributed by atoms with van der Waals surface area (Å²) in [5.74, 6) is -1.69. The molecule has 0 radical (unpaired) electrons. The minimum atomic E-state index is -1.02. The number of aliphatic carboxylic acids is 1. The third-order valence-electron chi connectivity index (χ3n) is 3.14. The van der Waals surface area contributed by atoms with E-state index < -0.39 is 11.6 Å². The van der Waals surface area contributed by atoms with Crippen molar-refractivity contribution in [3.8, 4) is 0 Å². The first-order valence-corrected chi connectivity index (χ1v) is 9.30. The Morgan fingerprint density at radius 2 is 1.21 bits per heavy atom. The van der Waals surface area contributed by atoms with Crippen molar-refractivity contribution in [1.82, 2.24) is 0 Å². The van der Waals surface area contributed by atoms with Crippen LogP contribution in [-0.2, 0) is 38.1 Å². The predicted molar refractivity (Wildman–Crippen MR) is 99.0 cm³/mol. The molecule has 0 fully saturated rings. The fourth-order valence-corrected chi connectivity index (χ4v) is 1.92. The normalized spacial score (nSPS) is 11.2. The van der Waals surface area contributed by atoms with E-state index in [1.165, 1.54) is 0 Å². The zero-order valence-electron chi connectivity index (χ0n) is 17.0. The minimum Gasteiger partial charge on any atom is -0.481 e. The van der Waals surface area contributed by atoms with Crippen LogP contribution in [0.1, 0.15) is 52.9 Å². The van der Waals surface area contributed by atoms with Gasteiger partial charge in [0.05, 0.1) is 32.8 Å². The van der Waals surface area contributed by atoms with E-state index in [-0.39, 0.29) is 82.9 Å². The zero-order valence-corrected chi connectivity index (χ0v) is 17.0. The quantitative estimate of drug-likeness (QED) is 0.284.